The monoisotopic (exact) mass is 369 g/mol. The van der Waals surface area contributed by atoms with E-state index in [1.807, 2.05) is 0 Å². The molecule has 1 heterocycles. The number of rotatable bonds is 4. The van der Waals surface area contributed by atoms with Crippen LogP contribution in [0.1, 0.15) is 18.1 Å². The third-order valence-electron chi connectivity index (χ3n) is 4.35. The predicted octanol–water partition coefficient (Wildman–Crippen LogP) is 4.19. The van der Waals surface area contributed by atoms with Crippen LogP contribution in [0.3, 0.4) is 0 Å². The summed E-state index contributed by atoms with van der Waals surface area (Å²) in [6.07, 6.45) is -4.83. The van der Waals surface area contributed by atoms with Crippen LogP contribution in [0.2, 0.25) is 0 Å². The van der Waals surface area contributed by atoms with Crippen LogP contribution >= 0.6 is 0 Å². The number of nitrogens with one attached hydrogen (secondary N) is 1. The van der Waals surface area contributed by atoms with Crippen LogP contribution < -0.4 is 14.8 Å². The summed E-state index contributed by atoms with van der Waals surface area (Å²) in [6, 6.07) is 7.55. The Labute approximate surface area is 146 Å². The predicted molar refractivity (Wildman–Crippen MR) is 85.8 cm³/mol. The van der Waals surface area contributed by atoms with E-state index in [2.05, 4.69) is 10.1 Å². The first-order valence-electron chi connectivity index (χ1n) is 7.66. The highest BCUT2D eigenvalue weighted by Gasteiger charge is 2.43. The van der Waals surface area contributed by atoms with Gasteiger partial charge in [-0.15, -0.1) is 13.2 Å². The summed E-state index contributed by atoms with van der Waals surface area (Å²) in [6.45, 7) is 1.60. The van der Waals surface area contributed by atoms with E-state index in [0.29, 0.717) is 22.6 Å². The van der Waals surface area contributed by atoms with Crippen LogP contribution in [-0.4, -0.2) is 19.4 Å². The van der Waals surface area contributed by atoms with Gasteiger partial charge in [0.05, 0.1) is 12.5 Å². The van der Waals surface area contributed by atoms with Crippen LogP contribution in [0.25, 0.3) is 0 Å². The van der Waals surface area contributed by atoms with Gasteiger partial charge in [0.25, 0.3) is 0 Å². The first-order valence-corrected chi connectivity index (χ1v) is 7.66. The lowest BCUT2D eigenvalue weighted by Crippen LogP contribution is -2.33. The molecule has 0 aromatic heterocycles. The van der Waals surface area contributed by atoms with Crippen molar-refractivity contribution in [3.05, 3.63) is 53.3 Å². The summed E-state index contributed by atoms with van der Waals surface area (Å²) in [5.74, 6) is -0.997. The molecule has 0 spiro atoms. The second kappa shape index (κ2) is 6.19. The number of fused-ring (bicyclic) bond motifs is 1. The molecule has 4 nitrogen and oxygen atoms in total. The molecule has 2 aromatic carbocycles. The van der Waals surface area contributed by atoms with Crippen molar-refractivity contribution >= 4 is 11.6 Å². The number of ether oxygens (including phenoxy) is 2. The number of carbonyl (C=O) groups is 1. The van der Waals surface area contributed by atoms with Gasteiger partial charge in [0, 0.05) is 5.69 Å². The first-order chi connectivity index (χ1) is 12.1. The van der Waals surface area contributed by atoms with Gasteiger partial charge in [0.2, 0.25) is 5.91 Å². The van der Waals surface area contributed by atoms with E-state index in [1.165, 1.54) is 37.4 Å². The van der Waals surface area contributed by atoms with E-state index in [0.717, 1.165) is 6.07 Å². The van der Waals surface area contributed by atoms with Crippen molar-refractivity contribution in [2.45, 2.75) is 25.1 Å². The number of benzene rings is 2. The van der Waals surface area contributed by atoms with Gasteiger partial charge in [-0.05, 0) is 60.9 Å². The zero-order valence-corrected chi connectivity index (χ0v) is 13.9. The third-order valence-corrected chi connectivity index (χ3v) is 4.35. The summed E-state index contributed by atoms with van der Waals surface area (Å²) in [4.78, 5) is 12.5. The highest BCUT2D eigenvalue weighted by atomic mass is 19.4. The zero-order chi connectivity index (χ0) is 19.1. The average Bonchev–Trinajstić information content (AvgIpc) is 2.77. The van der Waals surface area contributed by atoms with Crippen LogP contribution in [-0.2, 0) is 16.6 Å². The Balaban J connectivity index is 2.01. The Morgan fingerprint density at radius 2 is 1.88 bits per heavy atom. The molecule has 1 aliphatic heterocycles. The van der Waals surface area contributed by atoms with Gasteiger partial charge in [-0.25, -0.2) is 4.39 Å². The number of halogens is 4. The maximum Gasteiger partial charge on any atom is 0.573 e. The van der Waals surface area contributed by atoms with E-state index in [1.54, 1.807) is 6.92 Å². The maximum atomic E-state index is 13.7. The van der Waals surface area contributed by atoms with E-state index in [4.69, 9.17) is 4.74 Å². The summed E-state index contributed by atoms with van der Waals surface area (Å²) in [5, 5.41) is 2.67. The largest absolute Gasteiger partial charge is 0.573 e. The van der Waals surface area contributed by atoms with Crippen molar-refractivity contribution in [1.29, 1.82) is 0 Å². The van der Waals surface area contributed by atoms with E-state index in [-0.39, 0.29) is 12.3 Å². The van der Waals surface area contributed by atoms with Gasteiger partial charge < -0.3 is 14.8 Å². The minimum Gasteiger partial charge on any atom is -0.496 e. The molecule has 1 atom stereocenters. The normalized spacial score (nSPS) is 19.1. The minimum absolute atomic E-state index is 0.00746. The number of carbonyl (C=O) groups excluding carboxylic acids is 1. The standard InChI is InChI=1S/C18H15F4NO3/c1-17(13-8-11(19)3-5-14(13)23-16(17)24)9-10-7-12(26-18(20,21)22)4-6-15(10)25-2/h3-8H,9H2,1-2H3,(H,23,24). The van der Waals surface area contributed by atoms with Crippen molar-refractivity contribution in [2.24, 2.45) is 0 Å². The van der Waals surface area contributed by atoms with Gasteiger partial charge in [0.1, 0.15) is 17.3 Å². The van der Waals surface area contributed by atoms with E-state index in [9.17, 15) is 22.4 Å². The smallest absolute Gasteiger partial charge is 0.496 e. The highest BCUT2D eigenvalue weighted by Crippen LogP contribution is 2.42. The van der Waals surface area contributed by atoms with Crippen molar-refractivity contribution in [3.63, 3.8) is 0 Å². The lowest BCUT2D eigenvalue weighted by molar-refractivity contribution is -0.274. The summed E-state index contributed by atoms with van der Waals surface area (Å²) >= 11 is 0. The Hall–Kier alpha value is -2.77. The minimum atomic E-state index is -4.84. The highest BCUT2D eigenvalue weighted by molar-refractivity contribution is 6.06. The Bertz CT molecular complexity index is 866. The quantitative estimate of drug-likeness (QED) is 0.823. The molecule has 1 aliphatic rings. The van der Waals surface area contributed by atoms with Crippen molar-refractivity contribution in [1.82, 2.24) is 0 Å². The molecule has 3 rings (SSSR count). The molecule has 1 N–H and O–H groups in total. The van der Waals surface area contributed by atoms with Crippen molar-refractivity contribution in [2.75, 3.05) is 12.4 Å². The van der Waals surface area contributed by atoms with Crippen LogP contribution in [0, 0.1) is 5.82 Å². The van der Waals surface area contributed by atoms with Crippen molar-refractivity contribution < 1.29 is 31.8 Å². The lowest BCUT2D eigenvalue weighted by Gasteiger charge is -2.24. The van der Waals surface area contributed by atoms with Gasteiger partial charge in [-0.2, -0.15) is 0 Å². The Morgan fingerprint density at radius 3 is 2.54 bits per heavy atom. The number of methoxy groups -OCH3 is 1. The summed E-state index contributed by atoms with van der Waals surface area (Å²) in [5.41, 5.74) is 0.0814. The van der Waals surface area contributed by atoms with Crippen LogP contribution in [0.15, 0.2) is 36.4 Å². The van der Waals surface area contributed by atoms with E-state index < -0.39 is 23.3 Å². The summed E-state index contributed by atoms with van der Waals surface area (Å²) < 4.78 is 60.2. The van der Waals surface area contributed by atoms with Gasteiger partial charge in [-0.3, -0.25) is 4.79 Å². The molecule has 26 heavy (non-hydrogen) atoms. The maximum absolute atomic E-state index is 13.7. The molecule has 0 bridgehead atoms. The molecule has 138 valence electrons. The summed E-state index contributed by atoms with van der Waals surface area (Å²) in [7, 11) is 1.37. The lowest BCUT2D eigenvalue weighted by atomic mass is 9.78. The molecule has 0 saturated carbocycles. The van der Waals surface area contributed by atoms with Gasteiger partial charge in [0.15, 0.2) is 0 Å². The number of hydrogen-bond donors (Lipinski definition) is 1. The molecule has 8 heteroatoms. The van der Waals surface area contributed by atoms with E-state index >= 15 is 0 Å². The Morgan fingerprint density at radius 1 is 1.15 bits per heavy atom. The van der Waals surface area contributed by atoms with Gasteiger partial charge >= 0.3 is 6.36 Å². The average molecular weight is 369 g/mol. The SMILES string of the molecule is COc1ccc(OC(F)(F)F)cc1CC1(C)C(=O)Nc2ccc(F)cc21. The number of amides is 1. The molecule has 1 amide bonds. The number of hydrogen-bond acceptors (Lipinski definition) is 3. The molecule has 2 aromatic rings. The number of anilines is 1. The molecule has 0 radical (unpaired) electrons. The molecular weight excluding hydrogens is 354 g/mol. The van der Waals surface area contributed by atoms with Crippen LogP contribution in [0.4, 0.5) is 23.2 Å². The fraction of sp³-hybridized carbons (Fsp3) is 0.278. The van der Waals surface area contributed by atoms with Gasteiger partial charge in [-0.1, -0.05) is 0 Å². The second-order valence-electron chi connectivity index (χ2n) is 6.17. The molecular formula is C18H15F4NO3. The molecule has 0 fully saturated rings. The van der Waals surface area contributed by atoms with Crippen LogP contribution in [0.5, 0.6) is 11.5 Å². The fourth-order valence-electron chi connectivity index (χ4n) is 3.11. The number of alkyl halides is 3. The molecule has 0 aliphatic carbocycles. The first kappa shape index (κ1) is 18.0. The Kier molecular flexibility index (Phi) is 4.29. The zero-order valence-electron chi connectivity index (χ0n) is 13.9. The molecule has 1 unspecified atom stereocenters. The fourth-order valence-corrected chi connectivity index (χ4v) is 3.11. The topological polar surface area (TPSA) is 47.6 Å². The third kappa shape index (κ3) is 3.31. The second-order valence-corrected chi connectivity index (χ2v) is 6.17. The molecule has 0 saturated heterocycles. The van der Waals surface area contributed by atoms with Crippen molar-refractivity contribution in [3.8, 4) is 11.5 Å².